The van der Waals surface area contributed by atoms with Gasteiger partial charge in [0.1, 0.15) is 0 Å². The van der Waals surface area contributed by atoms with Gasteiger partial charge in [0, 0.05) is 0 Å². The van der Waals surface area contributed by atoms with Gasteiger partial charge in [-0.25, -0.2) is 0 Å². The molecule has 1 unspecified atom stereocenters. The molecular weight excluding hydrogens is 511 g/mol. The minimum Gasteiger partial charge on any atom is -0.399 e. The number of hydrogen-bond acceptors (Lipinski definition) is 2. The fourth-order valence-corrected chi connectivity index (χ4v) is 7.25. The first-order valence-corrected chi connectivity index (χ1v) is 14.9. The molecule has 42 heavy (non-hydrogen) atoms. The van der Waals surface area contributed by atoms with E-state index in [0.717, 1.165) is 5.46 Å². The molecule has 2 nitrogen and oxygen atoms in total. The van der Waals surface area contributed by atoms with Crippen LogP contribution < -0.4 is 5.46 Å². The van der Waals surface area contributed by atoms with Crippen molar-refractivity contribution in [2.75, 3.05) is 0 Å². The smallest absolute Gasteiger partial charge is 0.399 e. The van der Waals surface area contributed by atoms with Crippen LogP contribution in [-0.2, 0) is 14.7 Å². The van der Waals surface area contributed by atoms with Crippen LogP contribution in [-0.4, -0.2) is 18.3 Å². The molecule has 5 aromatic rings. The Morgan fingerprint density at radius 3 is 1.76 bits per heavy atom. The van der Waals surface area contributed by atoms with Crippen LogP contribution in [0.4, 0.5) is 0 Å². The van der Waals surface area contributed by atoms with Crippen LogP contribution in [0, 0.1) is 0 Å². The lowest BCUT2D eigenvalue weighted by Crippen LogP contribution is -2.41. The molecule has 8 rings (SSSR count). The monoisotopic (exact) mass is 544 g/mol. The molecule has 0 bridgehead atoms. The van der Waals surface area contributed by atoms with Gasteiger partial charge in [-0.05, 0) is 94.9 Å². The van der Waals surface area contributed by atoms with E-state index in [1.54, 1.807) is 0 Å². The number of rotatable bonds is 2. The summed E-state index contributed by atoms with van der Waals surface area (Å²) in [6, 6.07) is 44.5. The van der Waals surface area contributed by atoms with Gasteiger partial charge < -0.3 is 9.31 Å². The molecule has 0 amide bonds. The molecule has 0 radical (unpaired) electrons. The SMILES string of the molecule is CC1(C)OB(c2ccc3c(c2)C2(c4ccccc4C=C(c4ccccc4)c4ccccc42)c2ccccc2-3)OC1(C)C. The van der Waals surface area contributed by atoms with E-state index in [4.69, 9.17) is 9.31 Å². The lowest BCUT2D eigenvalue weighted by atomic mass is 9.64. The molecule has 3 aliphatic rings. The van der Waals surface area contributed by atoms with Crippen molar-refractivity contribution < 1.29 is 9.31 Å². The van der Waals surface area contributed by atoms with E-state index >= 15 is 0 Å². The van der Waals surface area contributed by atoms with Crippen LogP contribution in [0.2, 0.25) is 0 Å². The third-order valence-electron chi connectivity index (χ3n) is 9.96. The summed E-state index contributed by atoms with van der Waals surface area (Å²) in [7, 11) is -0.435. The average Bonchev–Trinajstić information content (AvgIpc) is 3.36. The largest absolute Gasteiger partial charge is 0.494 e. The van der Waals surface area contributed by atoms with Crippen molar-refractivity contribution in [3.05, 3.63) is 160 Å². The second-order valence-electron chi connectivity index (χ2n) is 12.7. The first kappa shape index (κ1) is 25.5. The zero-order valence-corrected chi connectivity index (χ0v) is 24.5. The Balaban J connectivity index is 1.46. The van der Waals surface area contributed by atoms with Crippen molar-refractivity contribution in [1.29, 1.82) is 0 Å². The molecule has 1 saturated heterocycles. The van der Waals surface area contributed by atoms with Gasteiger partial charge >= 0.3 is 7.12 Å². The minimum absolute atomic E-state index is 0.409. The normalized spacial score (nSPS) is 20.8. The third kappa shape index (κ3) is 3.41. The molecular formula is C39H33BO2. The van der Waals surface area contributed by atoms with Crippen molar-refractivity contribution in [3.8, 4) is 11.1 Å². The Kier molecular flexibility index (Phi) is 5.42. The van der Waals surface area contributed by atoms with E-state index in [1.165, 1.54) is 55.6 Å². The molecule has 0 saturated carbocycles. The van der Waals surface area contributed by atoms with E-state index in [0.29, 0.717) is 0 Å². The lowest BCUT2D eigenvalue weighted by Gasteiger charge is -2.35. The Hall–Kier alpha value is -4.18. The van der Waals surface area contributed by atoms with Crippen LogP contribution in [0.3, 0.4) is 0 Å². The van der Waals surface area contributed by atoms with Gasteiger partial charge in [-0.2, -0.15) is 0 Å². The Morgan fingerprint density at radius 1 is 0.500 bits per heavy atom. The molecule has 1 aliphatic heterocycles. The second-order valence-corrected chi connectivity index (χ2v) is 12.7. The second kappa shape index (κ2) is 8.91. The topological polar surface area (TPSA) is 18.5 Å². The van der Waals surface area contributed by atoms with Crippen molar-refractivity contribution >= 4 is 24.2 Å². The highest BCUT2D eigenvalue weighted by atomic mass is 16.7. The number of hydrogen-bond donors (Lipinski definition) is 0. The Labute approximate surface area is 248 Å². The zero-order valence-electron chi connectivity index (χ0n) is 24.5. The maximum Gasteiger partial charge on any atom is 0.494 e. The van der Waals surface area contributed by atoms with Gasteiger partial charge in [0.2, 0.25) is 0 Å². The van der Waals surface area contributed by atoms with Gasteiger partial charge in [-0.15, -0.1) is 0 Å². The molecule has 5 aromatic carbocycles. The van der Waals surface area contributed by atoms with Crippen molar-refractivity contribution in [2.24, 2.45) is 0 Å². The number of benzene rings is 5. The summed E-state index contributed by atoms with van der Waals surface area (Å²) < 4.78 is 13.1. The summed E-state index contributed by atoms with van der Waals surface area (Å²) >= 11 is 0. The van der Waals surface area contributed by atoms with Gasteiger partial charge in [0.25, 0.3) is 0 Å². The average molecular weight is 545 g/mol. The maximum atomic E-state index is 6.57. The van der Waals surface area contributed by atoms with Crippen molar-refractivity contribution in [1.82, 2.24) is 0 Å². The summed E-state index contributed by atoms with van der Waals surface area (Å²) in [5.74, 6) is 0. The minimum atomic E-state index is -0.508. The van der Waals surface area contributed by atoms with E-state index in [1.807, 2.05) is 0 Å². The van der Waals surface area contributed by atoms with E-state index in [2.05, 4.69) is 155 Å². The summed E-state index contributed by atoms with van der Waals surface area (Å²) in [6.45, 7) is 8.47. The predicted octanol–water partition coefficient (Wildman–Crippen LogP) is 8.25. The first-order valence-electron chi connectivity index (χ1n) is 14.9. The van der Waals surface area contributed by atoms with Gasteiger partial charge in [0.15, 0.2) is 0 Å². The summed E-state index contributed by atoms with van der Waals surface area (Å²) in [6.07, 6.45) is 2.39. The van der Waals surface area contributed by atoms with E-state index in [9.17, 15) is 0 Å². The molecule has 1 heterocycles. The fraction of sp³-hybridized carbons (Fsp3) is 0.179. The fourth-order valence-electron chi connectivity index (χ4n) is 7.25. The highest BCUT2D eigenvalue weighted by molar-refractivity contribution is 6.62. The highest BCUT2D eigenvalue weighted by Crippen LogP contribution is 2.59. The molecule has 1 fully saturated rings. The zero-order chi connectivity index (χ0) is 28.7. The van der Waals surface area contributed by atoms with Crippen molar-refractivity contribution in [3.63, 3.8) is 0 Å². The molecule has 204 valence electrons. The Bertz CT molecular complexity index is 1890. The van der Waals surface area contributed by atoms with Gasteiger partial charge in [0.05, 0.1) is 16.6 Å². The van der Waals surface area contributed by atoms with E-state index in [-0.39, 0.29) is 0 Å². The summed E-state index contributed by atoms with van der Waals surface area (Å²) in [4.78, 5) is 0. The molecule has 0 N–H and O–H groups in total. The third-order valence-corrected chi connectivity index (χ3v) is 9.96. The van der Waals surface area contributed by atoms with Crippen LogP contribution >= 0.6 is 0 Å². The first-order chi connectivity index (χ1) is 20.3. The van der Waals surface area contributed by atoms with Crippen molar-refractivity contribution in [2.45, 2.75) is 44.3 Å². The van der Waals surface area contributed by atoms with Crippen LogP contribution in [0.25, 0.3) is 22.8 Å². The molecule has 1 atom stereocenters. The lowest BCUT2D eigenvalue weighted by molar-refractivity contribution is 0.00578. The summed E-state index contributed by atoms with van der Waals surface area (Å²) in [5, 5.41) is 0. The van der Waals surface area contributed by atoms with Crippen LogP contribution in [0.1, 0.15) is 66.6 Å². The highest BCUT2D eigenvalue weighted by Gasteiger charge is 2.53. The molecule has 2 aliphatic carbocycles. The quantitative estimate of drug-likeness (QED) is 0.204. The summed E-state index contributed by atoms with van der Waals surface area (Å²) in [5.41, 5.74) is 12.4. The van der Waals surface area contributed by atoms with Crippen LogP contribution in [0.15, 0.2) is 121 Å². The van der Waals surface area contributed by atoms with Crippen LogP contribution in [0.5, 0.6) is 0 Å². The maximum absolute atomic E-state index is 6.57. The molecule has 0 aromatic heterocycles. The van der Waals surface area contributed by atoms with Gasteiger partial charge in [-0.1, -0.05) is 121 Å². The predicted molar refractivity (Wildman–Crippen MR) is 173 cm³/mol. The van der Waals surface area contributed by atoms with Gasteiger partial charge in [-0.3, -0.25) is 0 Å². The van der Waals surface area contributed by atoms with E-state index < -0.39 is 23.7 Å². The number of fused-ring (bicyclic) bond motifs is 9. The standard InChI is InChI=1S/C39H33BO2/c1-37(2)38(3,4)42-40(41-37)28-22-23-31-29-17-9-12-20-34(29)39(36(31)25-28)33-19-11-8-16-27(33)24-32(26-14-6-5-7-15-26)30-18-10-13-21-35(30)39/h5-25H,1-4H3. The molecule has 3 heteroatoms. The molecule has 1 spiro atoms. The Morgan fingerprint density at radius 2 is 1.05 bits per heavy atom.